The van der Waals surface area contributed by atoms with Crippen LogP contribution in [0.15, 0.2) is 0 Å². The molecular weight excluding hydrogens is 586 g/mol. The average molecular weight is 658 g/mol. The summed E-state index contributed by atoms with van der Waals surface area (Å²) in [6, 6.07) is -0.183. The SMILES string of the molecule is C[C@H](CCC(=O)N[C@@H]1CN[C@H](C(=O)N(CCCN(C)C)CCCN(C)C)C1)[C@H]1CCC2C3CCC4C[C@H](O)CC[C@]4(C)C3CC[C@@]21C. The van der Waals surface area contributed by atoms with Crippen LogP contribution in [-0.4, -0.2) is 111 Å². The van der Waals surface area contributed by atoms with Crippen molar-refractivity contribution in [3.63, 3.8) is 0 Å². The smallest absolute Gasteiger partial charge is 0.239 e. The molecule has 0 spiro atoms. The van der Waals surface area contributed by atoms with Gasteiger partial charge >= 0.3 is 0 Å². The third kappa shape index (κ3) is 8.40. The molecule has 8 nitrogen and oxygen atoms in total. The zero-order chi connectivity index (χ0) is 33.9. The highest BCUT2D eigenvalue weighted by Crippen LogP contribution is 2.68. The number of carbonyl (C=O) groups is 2. The molecule has 47 heavy (non-hydrogen) atoms. The summed E-state index contributed by atoms with van der Waals surface area (Å²) < 4.78 is 0. The van der Waals surface area contributed by atoms with Crippen LogP contribution in [0.5, 0.6) is 0 Å². The third-order valence-corrected chi connectivity index (χ3v) is 14.4. The predicted octanol–water partition coefficient (Wildman–Crippen LogP) is 5.00. The number of carbonyl (C=O) groups excluding carboxylic acids is 2. The number of rotatable bonds is 14. The third-order valence-electron chi connectivity index (χ3n) is 14.4. The Bertz CT molecular complexity index is 1040. The second-order valence-corrected chi connectivity index (χ2v) is 17.9. The van der Waals surface area contributed by atoms with Gasteiger partial charge < -0.3 is 30.4 Å². The van der Waals surface area contributed by atoms with Gasteiger partial charge in [-0.1, -0.05) is 20.8 Å². The molecule has 5 rings (SSSR count). The molecule has 5 fully saturated rings. The number of nitrogens with one attached hydrogen (secondary N) is 2. The van der Waals surface area contributed by atoms with Crippen LogP contribution >= 0.6 is 0 Å². The topological polar surface area (TPSA) is 88.2 Å². The first-order valence-corrected chi connectivity index (χ1v) is 19.6. The summed E-state index contributed by atoms with van der Waals surface area (Å²) >= 11 is 0. The normalized spacial score (nSPS) is 38.9. The monoisotopic (exact) mass is 658 g/mol. The van der Waals surface area contributed by atoms with Crippen molar-refractivity contribution < 1.29 is 14.7 Å². The van der Waals surface area contributed by atoms with Crippen molar-refractivity contribution in [3.05, 3.63) is 0 Å². The molecule has 4 aliphatic carbocycles. The number of amides is 2. The maximum atomic E-state index is 13.5. The van der Waals surface area contributed by atoms with Crippen molar-refractivity contribution in [1.29, 1.82) is 0 Å². The number of nitrogens with zero attached hydrogens (tertiary/aromatic N) is 3. The molecule has 270 valence electrons. The fourth-order valence-electron chi connectivity index (χ4n) is 11.8. The molecule has 8 heteroatoms. The first kappa shape index (κ1) is 37.0. The minimum absolute atomic E-state index is 0.0261. The molecule has 0 aromatic carbocycles. The Morgan fingerprint density at radius 1 is 0.851 bits per heavy atom. The minimum atomic E-state index is -0.209. The molecule has 5 aliphatic rings. The van der Waals surface area contributed by atoms with E-state index in [-0.39, 0.29) is 30.0 Å². The Morgan fingerprint density at radius 3 is 2.19 bits per heavy atom. The van der Waals surface area contributed by atoms with Crippen molar-refractivity contribution >= 4 is 11.8 Å². The van der Waals surface area contributed by atoms with Gasteiger partial charge in [0.15, 0.2) is 0 Å². The quantitative estimate of drug-likeness (QED) is 0.244. The van der Waals surface area contributed by atoms with Crippen LogP contribution in [0, 0.1) is 46.3 Å². The first-order chi connectivity index (χ1) is 22.3. The molecule has 4 unspecified atom stereocenters. The van der Waals surface area contributed by atoms with E-state index >= 15 is 0 Å². The van der Waals surface area contributed by atoms with Gasteiger partial charge in [0.05, 0.1) is 12.1 Å². The molecule has 0 aromatic heterocycles. The molecule has 1 aliphatic heterocycles. The molecule has 1 heterocycles. The van der Waals surface area contributed by atoms with Gasteiger partial charge in [-0.3, -0.25) is 9.59 Å². The zero-order valence-corrected chi connectivity index (χ0v) is 31.2. The molecular formula is C39H71N5O3. The van der Waals surface area contributed by atoms with Crippen LogP contribution in [0.25, 0.3) is 0 Å². The van der Waals surface area contributed by atoms with Gasteiger partial charge in [0.25, 0.3) is 0 Å². The molecule has 0 bridgehead atoms. The van der Waals surface area contributed by atoms with Crippen molar-refractivity contribution in [1.82, 2.24) is 25.3 Å². The summed E-state index contributed by atoms with van der Waals surface area (Å²) in [4.78, 5) is 33.2. The van der Waals surface area contributed by atoms with Crippen molar-refractivity contribution in [2.45, 2.75) is 129 Å². The molecule has 4 saturated carbocycles. The molecule has 2 amide bonds. The van der Waals surface area contributed by atoms with Crippen molar-refractivity contribution in [2.24, 2.45) is 46.3 Å². The van der Waals surface area contributed by atoms with Gasteiger partial charge in [-0.25, -0.2) is 0 Å². The summed E-state index contributed by atoms with van der Waals surface area (Å²) in [7, 11) is 8.32. The second-order valence-electron chi connectivity index (χ2n) is 17.9. The number of fused-ring (bicyclic) bond motifs is 5. The number of hydrogen-bond donors (Lipinski definition) is 3. The Morgan fingerprint density at radius 2 is 1.51 bits per heavy atom. The predicted molar refractivity (Wildman–Crippen MR) is 191 cm³/mol. The lowest BCUT2D eigenvalue weighted by atomic mass is 9.44. The van der Waals surface area contributed by atoms with Gasteiger partial charge in [0.1, 0.15) is 0 Å². The fourth-order valence-corrected chi connectivity index (χ4v) is 11.8. The van der Waals surface area contributed by atoms with Crippen LogP contribution in [0.3, 0.4) is 0 Å². The van der Waals surface area contributed by atoms with E-state index < -0.39 is 0 Å². The lowest BCUT2D eigenvalue weighted by Gasteiger charge is -2.61. The van der Waals surface area contributed by atoms with Gasteiger partial charge in [0, 0.05) is 32.1 Å². The summed E-state index contributed by atoms with van der Waals surface area (Å²) in [5, 5.41) is 17.1. The van der Waals surface area contributed by atoms with E-state index in [9.17, 15) is 14.7 Å². The standard InChI is InChI=1S/C39H71N5O3/c1-27(32-13-14-33-31-12-11-28-24-30(45)16-18-38(28,2)34(31)17-19-39(32,33)3)10-15-36(46)41-29-25-35(40-26-29)37(47)44(22-8-20-42(4)5)23-9-21-43(6)7/h27-35,40,45H,8-26H2,1-7H3,(H,41,46)/t27-,28?,29+,30-,31?,32-,33?,34?,35+,38+,39-/m1/s1. The Balaban J connectivity index is 1.08. The largest absolute Gasteiger partial charge is 0.393 e. The van der Waals surface area contributed by atoms with Crippen LogP contribution < -0.4 is 10.6 Å². The zero-order valence-electron chi connectivity index (χ0n) is 31.2. The number of aliphatic hydroxyl groups excluding tert-OH is 1. The number of hydrogen-bond acceptors (Lipinski definition) is 6. The summed E-state index contributed by atoms with van der Waals surface area (Å²) in [6.45, 7) is 11.8. The Hall–Kier alpha value is -1.22. The van der Waals surface area contributed by atoms with Crippen molar-refractivity contribution in [3.8, 4) is 0 Å². The maximum Gasteiger partial charge on any atom is 0.239 e. The molecule has 0 aromatic rings. The Labute approximate surface area is 287 Å². The molecule has 11 atom stereocenters. The second kappa shape index (κ2) is 15.8. The number of aliphatic hydroxyl groups is 1. The highest BCUT2D eigenvalue weighted by Gasteiger charge is 2.60. The van der Waals surface area contributed by atoms with Crippen LogP contribution in [-0.2, 0) is 9.59 Å². The lowest BCUT2D eigenvalue weighted by Crippen LogP contribution is -2.54. The summed E-state index contributed by atoms with van der Waals surface area (Å²) in [6.07, 6.45) is 15.4. The first-order valence-electron chi connectivity index (χ1n) is 19.6. The average Bonchev–Trinajstić information content (AvgIpc) is 3.63. The minimum Gasteiger partial charge on any atom is -0.393 e. The molecule has 0 radical (unpaired) electrons. The fraction of sp³-hybridized carbons (Fsp3) is 0.949. The molecule has 1 saturated heterocycles. The van der Waals surface area contributed by atoms with E-state index in [1.807, 2.05) is 4.90 Å². The van der Waals surface area contributed by atoms with Crippen molar-refractivity contribution in [2.75, 3.05) is 60.9 Å². The molecule has 3 N–H and O–H groups in total. The lowest BCUT2D eigenvalue weighted by molar-refractivity contribution is -0.133. The van der Waals surface area contributed by atoms with E-state index in [1.165, 1.54) is 44.9 Å². The van der Waals surface area contributed by atoms with Gasteiger partial charge in [-0.15, -0.1) is 0 Å². The van der Waals surface area contributed by atoms with Crippen LogP contribution in [0.1, 0.15) is 111 Å². The summed E-state index contributed by atoms with van der Waals surface area (Å²) in [5.41, 5.74) is 0.836. The van der Waals surface area contributed by atoms with Gasteiger partial charge in [0.2, 0.25) is 11.8 Å². The van der Waals surface area contributed by atoms with E-state index in [2.05, 4.69) is 69.4 Å². The van der Waals surface area contributed by atoms with Gasteiger partial charge in [-0.2, -0.15) is 0 Å². The maximum absolute atomic E-state index is 13.5. The van der Waals surface area contributed by atoms with Gasteiger partial charge in [-0.05, 0) is 171 Å². The highest BCUT2D eigenvalue weighted by atomic mass is 16.3. The Kier molecular flexibility index (Phi) is 12.4. The van der Waals surface area contributed by atoms with E-state index in [4.69, 9.17) is 0 Å². The van der Waals surface area contributed by atoms with E-state index in [0.29, 0.717) is 42.1 Å². The van der Waals surface area contributed by atoms with E-state index in [0.717, 1.165) is 82.0 Å². The summed E-state index contributed by atoms with van der Waals surface area (Å²) in [5.74, 6) is 4.85. The highest BCUT2D eigenvalue weighted by molar-refractivity contribution is 5.83. The van der Waals surface area contributed by atoms with Crippen LogP contribution in [0.4, 0.5) is 0 Å². The van der Waals surface area contributed by atoms with Crippen LogP contribution in [0.2, 0.25) is 0 Å². The van der Waals surface area contributed by atoms with E-state index in [1.54, 1.807) is 0 Å².